The van der Waals surface area contributed by atoms with E-state index in [1.54, 1.807) is 39.0 Å². The number of anilines is 2. The Hall–Kier alpha value is -4.45. The van der Waals surface area contributed by atoms with Gasteiger partial charge in [-0.2, -0.15) is 0 Å². The zero-order chi connectivity index (χ0) is 29.8. The first-order valence-corrected chi connectivity index (χ1v) is 13.1. The molecule has 1 aliphatic rings. The van der Waals surface area contributed by atoms with Gasteiger partial charge in [-0.05, 0) is 33.8 Å². The van der Waals surface area contributed by atoms with Crippen molar-refractivity contribution in [2.24, 2.45) is 5.92 Å². The quantitative estimate of drug-likeness (QED) is 0.353. The number of aryl methyl sites for hydroxylation is 1. The molecule has 1 aromatic carbocycles. The molecule has 1 aliphatic heterocycles. The van der Waals surface area contributed by atoms with Crippen molar-refractivity contribution in [1.82, 2.24) is 19.4 Å². The number of fused-ring (bicyclic) bond motifs is 2. The van der Waals surface area contributed by atoms with Gasteiger partial charge < -0.3 is 19.6 Å². The van der Waals surface area contributed by atoms with Crippen LogP contribution in [0.2, 0.25) is 0 Å². The van der Waals surface area contributed by atoms with Crippen LogP contribution >= 0.6 is 0 Å². The second kappa shape index (κ2) is 10.2. The van der Waals surface area contributed by atoms with Gasteiger partial charge in [0.2, 0.25) is 5.91 Å². The van der Waals surface area contributed by atoms with Crippen LogP contribution < -0.4 is 15.0 Å². The molecule has 12 heteroatoms. The van der Waals surface area contributed by atoms with E-state index in [9.17, 15) is 14.7 Å². The summed E-state index contributed by atoms with van der Waals surface area (Å²) < 4.78 is 37.6. The number of amides is 2. The SMILES string of the molecule is Cc1nc2cc(F)c(-c3cnc(C(C)(C)O)nc3)cn2c1CN1C(=O)[C@@H](C)Oc2c(F)cc(NC(=O)C(C)C)cc21. The molecule has 0 saturated carbocycles. The molecule has 2 amide bonds. The fourth-order valence-corrected chi connectivity index (χ4v) is 4.55. The number of imidazole rings is 1. The van der Waals surface area contributed by atoms with Crippen molar-refractivity contribution in [2.75, 3.05) is 10.2 Å². The van der Waals surface area contributed by atoms with Crippen molar-refractivity contribution in [1.29, 1.82) is 0 Å². The van der Waals surface area contributed by atoms with Crippen molar-refractivity contribution < 1.29 is 28.2 Å². The lowest BCUT2D eigenvalue weighted by molar-refractivity contribution is -0.125. The van der Waals surface area contributed by atoms with Gasteiger partial charge in [0.25, 0.3) is 5.91 Å². The summed E-state index contributed by atoms with van der Waals surface area (Å²) in [7, 11) is 0. The highest BCUT2D eigenvalue weighted by Gasteiger charge is 2.35. The molecule has 0 radical (unpaired) electrons. The average molecular weight is 565 g/mol. The predicted molar refractivity (Wildman–Crippen MR) is 147 cm³/mol. The molecule has 0 unspecified atom stereocenters. The van der Waals surface area contributed by atoms with Gasteiger partial charge in [0.05, 0.1) is 23.6 Å². The Morgan fingerprint density at radius 3 is 2.49 bits per heavy atom. The normalized spacial score (nSPS) is 15.3. The number of hydrogen-bond acceptors (Lipinski definition) is 7. The third kappa shape index (κ3) is 5.22. The number of benzene rings is 1. The summed E-state index contributed by atoms with van der Waals surface area (Å²) in [5.74, 6) is -2.26. The van der Waals surface area contributed by atoms with E-state index in [4.69, 9.17) is 4.74 Å². The molecule has 0 bridgehead atoms. The van der Waals surface area contributed by atoms with Gasteiger partial charge in [0.1, 0.15) is 17.1 Å². The Kier molecular flexibility index (Phi) is 6.98. The lowest BCUT2D eigenvalue weighted by Crippen LogP contribution is -2.44. The highest BCUT2D eigenvalue weighted by Crippen LogP contribution is 2.40. The van der Waals surface area contributed by atoms with Crippen molar-refractivity contribution >= 4 is 28.8 Å². The second-order valence-corrected chi connectivity index (χ2v) is 10.9. The van der Waals surface area contributed by atoms with Gasteiger partial charge in [0.15, 0.2) is 23.5 Å². The zero-order valence-electron chi connectivity index (χ0n) is 23.5. The highest BCUT2D eigenvalue weighted by molar-refractivity contribution is 6.01. The van der Waals surface area contributed by atoms with Gasteiger partial charge in [0, 0.05) is 53.5 Å². The van der Waals surface area contributed by atoms with E-state index in [-0.39, 0.29) is 46.9 Å². The number of carbonyl (C=O) groups excluding carboxylic acids is 2. The highest BCUT2D eigenvalue weighted by atomic mass is 19.1. The van der Waals surface area contributed by atoms with Crippen molar-refractivity contribution in [3.05, 3.63) is 65.6 Å². The van der Waals surface area contributed by atoms with Crippen LogP contribution in [0.3, 0.4) is 0 Å². The summed E-state index contributed by atoms with van der Waals surface area (Å²) in [6, 6.07) is 3.92. The maximum Gasteiger partial charge on any atom is 0.268 e. The molecule has 4 heterocycles. The lowest BCUT2D eigenvalue weighted by atomic mass is 10.1. The van der Waals surface area contributed by atoms with E-state index in [0.29, 0.717) is 22.6 Å². The Morgan fingerprint density at radius 2 is 1.85 bits per heavy atom. The molecule has 2 N–H and O–H groups in total. The Labute approximate surface area is 235 Å². The Bertz CT molecular complexity index is 1680. The van der Waals surface area contributed by atoms with Crippen LogP contribution in [0.5, 0.6) is 5.75 Å². The number of pyridine rings is 1. The molecule has 41 heavy (non-hydrogen) atoms. The number of nitrogens with one attached hydrogen (secondary N) is 1. The molecule has 5 rings (SSSR count). The largest absolute Gasteiger partial charge is 0.476 e. The molecule has 0 aliphatic carbocycles. The van der Waals surface area contributed by atoms with Gasteiger partial charge in [-0.1, -0.05) is 13.8 Å². The minimum absolute atomic E-state index is 0.0350. The Morgan fingerprint density at radius 1 is 1.17 bits per heavy atom. The molecular weight excluding hydrogens is 534 g/mol. The van der Waals surface area contributed by atoms with Crippen LogP contribution in [-0.4, -0.2) is 42.4 Å². The van der Waals surface area contributed by atoms with E-state index in [2.05, 4.69) is 20.3 Å². The van der Waals surface area contributed by atoms with Crippen LogP contribution in [0, 0.1) is 24.5 Å². The first kappa shape index (κ1) is 28.1. The molecule has 3 aromatic heterocycles. The van der Waals surface area contributed by atoms with Crippen LogP contribution in [0.15, 0.2) is 36.8 Å². The number of halogens is 2. The van der Waals surface area contributed by atoms with Crippen molar-refractivity contribution in [3.8, 4) is 16.9 Å². The number of nitrogens with zero attached hydrogens (tertiary/aromatic N) is 5. The third-order valence-electron chi connectivity index (χ3n) is 6.84. The van der Waals surface area contributed by atoms with Crippen LogP contribution in [-0.2, 0) is 21.7 Å². The topological polar surface area (TPSA) is 122 Å². The van der Waals surface area contributed by atoms with E-state index < -0.39 is 29.2 Å². The van der Waals surface area contributed by atoms with E-state index in [1.807, 2.05) is 0 Å². The molecule has 10 nitrogen and oxygen atoms in total. The zero-order valence-corrected chi connectivity index (χ0v) is 23.5. The first-order chi connectivity index (χ1) is 19.2. The van der Waals surface area contributed by atoms with Crippen LogP contribution in [0.1, 0.15) is 51.8 Å². The fraction of sp³-hybridized carbons (Fsp3) is 0.345. The molecule has 214 valence electrons. The van der Waals surface area contributed by atoms with Gasteiger partial charge in [-0.25, -0.2) is 23.7 Å². The maximum atomic E-state index is 15.2. The van der Waals surface area contributed by atoms with Gasteiger partial charge in [-0.3, -0.25) is 14.5 Å². The lowest BCUT2D eigenvalue weighted by Gasteiger charge is -2.33. The summed E-state index contributed by atoms with van der Waals surface area (Å²) in [5.41, 5.74) is 1.04. The van der Waals surface area contributed by atoms with Crippen molar-refractivity contribution in [2.45, 2.75) is 59.8 Å². The summed E-state index contributed by atoms with van der Waals surface area (Å²) in [5, 5.41) is 12.8. The number of aromatic nitrogens is 4. The number of carbonyl (C=O) groups is 2. The summed E-state index contributed by atoms with van der Waals surface area (Å²) in [6.45, 7) is 9.75. The molecule has 0 fully saturated rings. The predicted octanol–water partition coefficient (Wildman–Crippen LogP) is 4.51. The molecule has 0 saturated heterocycles. The summed E-state index contributed by atoms with van der Waals surface area (Å²) in [4.78, 5) is 39.8. The van der Waals surface area contributed by atoms with E-state index in [1.165, 1.54) is 42.5 Å². The monoisotopic (exact) mass is 564 g/mol. The van der Waals surface area contributed by atoms with Gasteiger partial charge >= 0.3 is 0 Å². The van der Waals surface area contributed by atoms with Crippen LogP contribution in [0.25, 0.3) is 16.8 Å². The number of rotatable bonds is 6. The standard InChI is InChI=1S/C29H30F2N6O4/c1-14(2)26(38)35-18-7-21(31)25-22(8-18)37(27(39)16(4)41-25)13-23-15(3)34-24-9-20(30)19(12-36(23)24)17-10-32-28(33-11-17)29(5,6)40/h7-12,14,16,40H,13H2,1-6H3,(H,35,38)/t16-/m1/s1. The third-order valence-corrected chi connectivity index (χ3v) is 6.84. The Balaban J connectivity index is 1.58. The summed E-state index contributed by atoms with van der Waals surface area (Å²) in [6.07, 6.45) is 3.42. The number of aliphatic hydroxyl groups is 1. The van der Waals surface area contributed by atoms with E-state index >= 15 is 8.78 Å². The molecular formula is C29H30F2N6O4. The molecule has 1 atom stereocenters. The van der Waals surface area contributed by atoms with E-state index in [0.717, 1.165) is 6.07 Å². The fourth-order valence-electron chi connectivity index (χ4n) is 4.55. The first-order valence-electron chi connectivity index (χ1n) is 13.1. The molecule has 4 aromatic rings. The minimum atomic E-state index is -1.26. The molecule has 0 spiro atoms. The number of hydrogen-bond donors (Lipinski definition) is 2. The average Bonchev–Trinajstić information content (AvgIpc) is 3.19. The smallest absolute Gasteiger partial charge is 0.268 e. The second-order valence-electron chi connectivity index (χ2n) is 10.9. The maximum absolute atomic E-state index is 15.2. The number of ether oxygens (including phenoxy) is 1. The summed E-state index contributed by atoms with van der Waals surface area (Å²) >= 11 is 0. The minimum Gasteiger partial charge on any atom is -0.476 e. The van der Waals surface area contributed by atoms with Crippen molar-refractivity contribution in [3.63, 3.8) is 0 Å². The van der Waals surface area contributed by atoms with Gasteiger partial charge in [-0.15, -0.1) is 0 Å². The van der Waals surface area contributed by atoms with Crippen LogP contribution in [0.4, 0.5) is 20.2 Å².